The summed E-state index contributed by atoms with van der Waals surface area (Å²) in [6.45, 7) is 3.69. The number of rotatable bonds is 1. The van der Waals surface area contributed by atoms with Crippen molar-refractivity contribution in [1.29, 1.82) is 0 Å². The lowest BCUT2D eigenvalue weighted by Gasteiger charge is -2.26. The molecule has 1 aromatic carbocycles. The van der Waals surface area contributed by atoms with E-state index >= 15 is 0 Å². The van der Waals surface area contributed by atoms with E-state index in [2.05, 4.69) is 42.2 Å². The van der Waals surface area contributed by atoms with Crippen molar-refractivity contribution in [3.63, 3.8) is 0 Å². The van der Waals surface area contributed by atoms with Crippen molar-refractivity contribution in [2.75, 3.05) is 13.2 Å². The smallest absolute Gasteiger partial charge is 0.0572 e. The molecule has 1 aliphatic rings. The number of aryl methyl sites for hydroxylation is 1. The van der Waals surface area contributed by atoms with Crippen LogP contribution in [0, 0.1) is 6.92 Å². The van der Waals surface area contributed by atoms with Crippen molar-refractivity contribution in [3.8, 4) is 0 Å². The lowest BCUT2D eigenvalue weighted by Crippen LogP contribution is -2.26. The average molecular weight is 199 g/mol. The van der Waals surface area contributed by atoms with Gasteiger partial charge in [0.1, 0.15) is 0 Å². The molecule has 1 aromatic heterocycles. The molecule has 0 spiro atoms. The highest BCUT2D eigenvalue weighted by Gasteiger charge is 2.23. The first-order valence-corrected chi connectivity index (χ1v) is 5.28. The fourth-order valence-electron chi connectivity index (χ4n) is 2.07. The Labute approximate surface area is 88.9 Å². The molecular formula is C13H13NO. The number of aromatic nitrogens is 1. The number of hydrogen-bond acceptors (Lipinski definition) is 2. The Morgan fingerprint density at radius 2 is 2.07 bits per heavy atom. The van der Waals surface area contributed by atoms with Crippen LogP contribution >= 0.6 is 0 Å². The summed E-state index contributed by atoms with van der Waals surface area (Å²) in [5.41, 5.74) is 2.30. The monoisotopic (exact) mass is 199 g/mol. The van der Waals surface area contributed by atoms with Gasteiger partial charge in [0, 0.05) is 17.0 Å². The third kappa shape index (κ3) is 1.41. The number of pyridine rings is 1. The van der Waals surface area contributed by atoms with Gasteiger partial charge in [0.2, 0.25) is 0 Å². The molecule has 1 aliphatic heterocycles. The molecule has 15 heavy (non-hydrogen) atoms. The minimum Gasteiger partial charge on any atom is -0.380 e. The summed E-state index contributed by atoms with van der Waals surface area (Å²) in [6, 6.07) is 10.6. The Bertz CT molecular complexity index is 503. The second-order valence-corrected chi connectivity index (χ2v) is 4.10. The lowest BCUT2D eigenvalue weighted by molar-refractivity contribution is 0.00731. The van der Waals surface area contributed by atoms with Crippen LogP contribution in [-0.4, -0.2) is 18.2 Å². The van der Waals surface area contributed by atoms with Gasteiger partial charge in [-0.25, -0.2) is 0 Å². The Hall–Kier alpha value is -1.41. The summed E-state index contributed by atoms with van der Waals surface area (Å²) in [6.07, 6.45) is 0. The van der Waals surface area contributed by atoms with Gasteiger partial charge in [-0.1, -0.05) is 24.3 Å². The largest absolute Gasteiger partial charge is 0.380 e. The van der Waals surface area contributed by atoms with Crippen molar-refractivity contribution in [2.24, 2.45) is 0 Å². The van der Waals surface area contributed by atoms with Crippen LogP contribution < -0.4 is 0 Å². The maximum Gasteiger partial charge on any atom is 0.0572 e. The predicted molar refractivity (Wildman–Crippen MR) is 60.0 cm³/mol. The van der Waals surface area contributed by atoms with Gasteiger partial charge in [-0.3, -0.25) is 4.98 Å². The number of benzene rings is 1. The van der Waals surface area contributed by atoms with E-state index in [1.54, 1.807) is 0 Å². The van der Waals surface area contributed by atoms with Gasteiger partial charge in [0.15, 0.2) is 0 Å². The highest BCUT2D eigenvalue weighted by Crippen LogP contribution is 2.29. The van der Waals surface area contributed by atoms with Crippen molar-refractivity contribution in [3.05, 3.63) is 41.7 Å². The van der Waals surface area contributed by atoms with Crippen molar-refractivity contribution in [1.82, 2.24) is 4.98 Å². The predicted octanol–water partition coefficient (Wildman–Crippen LogP) is 2.66. The summed E-state index contributed by atoms with van der Waals surface area (Å²) in [4.78, 5) is 4.64. The quantitative estimate of drug-likeness (QED) is 0.704. The number of hydrogen-bond donors (Lipinski definition) is 0. The van der Waals surface area contributed by atoms with Crippen LogP contribution in [0.4, 0.5) is 0 Å². The van der Waals surface area contributed by atoms with Crippen molar-refractivity contribution in [2.45, 2.75) is 12.8 Å². The van der Waals surface area contributed by atoms with E-state index < -0.39 is 0 Å². The molecule has 0 amide bonds. The summed E-state index contributed by atoms with van der Waals surface area (Å²) in [5.74, 6) is 0.495. The third-order valence-electron chi connectivity index (χ3n) is 2.92. The zero-order valence-corrected chi connectivity index (χ0v) is 8.73. The van der Waals surface area contributed by atoms with E-state index in [9.17, 15) is 0 Å². The van der Waals surface area contributed by atoms with Gasteiger partial charge >= 0.3 is 0 Å². The maximum absolute atomic E-state index is 5.24. The fourth-order valence-corrected chi connectivity index (χ4v) is 2.07. The van der Waals surface area contributed by atoms with Crippen molar-refractivity contribution >= 4 is 10.8 Å². The summed E-state index contributed by atoms with van der Waals surface area (Å²) in [7, 11) is 0. The summed E-state index contributed by atoms with van der Waals surface area (Å²) < 4.78 is 5.24. The maximum atomic E-state index is 5.24. The van der Waals surface area contributed by atoms with Gasteiger partial charge in [-0.2, -0.15) is 0 Å². The number of fused-ring (bicyclic) bond motifs is 1. The molecule has 1 saturated heterocycles. The van der Waals surface area contributed by atoms with Gasteiger partial charge in [0.05, 0.1) is 18.9 Å². The van der Waals surface area contributed by atoms with Gasteiger partial charge < -0.3 is 4.74 Å². The molecule has 76 valence electrons. The molecule has 0 saturated carbocycles. The summed E-state index contributed by atoms with van der Waals surface area (Å²) >= 11 is 0. The Morgan fingerprint density at radius 3 is 2.80 bits per heavy atom. The summed E-state index contributed by atoms with van der Waals surface area (Å²) in [5, 5.41) is 2.56. The molecule has 0 aliphatic carbocycles. The molecular weight excluding hydrogens is 186 g/mol. The molecule has 0 bridgehead atoms. The fraction of sp³-hybridized carbons (Fsp3) is 0.308. The minimum absolute atomic E-state index is 0.495. The van der Waals surface area contributed by atoms with Crippen LogP contribution in [0.1, 0.15) is 17.3 Å². The molecule has 2 nitrogen and oxygen atoms in total. The van der Waals surface area contributed by atoms with Crippen LogP contribution in [0.5, 0.6) is 0 Å². The zero-order valence-electron chi connectivity index (χ0n) is 8.73. The Morgan fingerprint density at radius 1 is 1.27 bits per heavy atom. The van der Waals surface area contributed by atoms with E-state index in [1.165, 1.54) is 16.5 Å². The molecule has 3 rings (SSSR count). The van der Waals surface area contributed by atoms with Gasteiger partial charge in [-0.05, 0) is 18.4 Å². The number of ether oxygens (including phenoxy) is 1. The van der Waals surface area contributed by atoms with Gasteiger partial charge in [-0.15, -0.1) is 0 Å². The minimum atomic E-state index is 0.495. The topological polar surface area (TPSA) is 22.1 Å². The SMILES string of the molecule is Cc1cc2ccccc2c(C2COC2)n1. The normalized spacial score (nSPS) is 16.6. The highest BCUT2D eigenvalue weighted by atomic mass is 16.5. The van der Waals surface area contributed by atoms with E-state index in [1.807, 2.05) is 0 Å². The Kier molecular flexibility index (Phi) is 1.96. The van der Waals surface area contributed by atoms with Crippen LogP contribution in [-0.2, 0) is 4.74 Å². The van der Waals surface area contributed by atoms with Crippen molar-refractivity contribution < 1.29 is 4.74 Å². The first-order valence-electron chi connectivity index (χ1n) is 5.28. The molecule has 0 N–H and O–H groups in total. The molecule has 0 unspecified atom stereocenters. The number of nitrogens with zero attached hydrogens (tertiary/aromatic N) is 1. The molecule has 2 aromatic rings. The second-order valence-electron chi connectivity index (χ2n) is 4.10. The van der Waals surface area contributed by atoms with E-state index in [0.29, 0.717) is 5.92 Å². The standard InChI is InChI=1S/C13H13NO/c1-9-6-10-4-2-3-5-12(10)13(14-9)11-7-15-8-11/h2-6,11H,7-8H2,1H3. The molecule has 2 heterocycles. The van der Waals surface area contributed by atoms with E-state index in [-0.39, 0.29) is 0 Å². The van der Waals surface area contributed by atoms with Gasteiger partial charge in [0.25, 0.3) is 0 Å². The third-order valence-corrected chi connectivity index (χ3v) is 2.92. The lowest BCUT2D eigenvalue weighted by atomic mass is 9.97. The van der Waals surface area contributed by atoms with Crippen LogP contribution in [0.15, 0.2) is 30.3 Å². The first-order chi connectivity index (χ1) is 7.34. The highest BCUT2D eigenvalue weighted by molar-refractivity contribution is 5.85. The zero-order chi connectivity index (χ0) is 10.3. The van der Waals surface area contributed by atoms with E-state index in [4.69, 9.17) is 4.74 Å². The molecule has 2 heteroatoms. The van der Waals surface area contributed by atoms with E-state index in [0.717, 1.165) is 18.9 Å². The first kappa shape index (κ1) is 8.86. The van der Waals surface area contributed by atoms with Crippen LogP contribution in [0.3, 0.4) is 0 Å². The molecule has 0 radical (unpaired) electrons. The second kappa shape index (κ2) is 3.31. The molecule has 0 atom stereocenters. The van der Waals surface area contributed by atoms with Crippen LogP contribution in [0.2, 0.25) is 0 Å². The molecule has 1 fully saturated rings. The Balaban J connectivity index is 2.25. The van der Waals surface area contributed by atoms with Crippen LogP contribution in [0.25, 0.3) is 10.8 Å². The average Bonchev–Trinajstić information content (AvgIpc) is 2.14.